The van der Waals surface area contributed by atoms with Crippen molar-refractivity contribution in [2.75, 3.05) is 6.26 Å². The number of carboxylic acid groups (broad SMARTS) is 1. The van der Waals surface area contributed by atoms with Crippen molar-refractivity contribution in [3.63, 3.8) is 0 Å². The third kappa shape index (κ3) is 2.48. The average Bonchev–Trinajstić information content (AvgIpc) is 2.74. The van der Waals surface area contributed by atoms with E-state index in [4.69, 9.17) is 5.11 Å². The van der Waals surface area contributed by atoms with Crippen LogP contribution in [0, 0.1) is 5.82 Å². The first-order valence-electron chi connectivity index (χ1n) is 4.66. The minimum Gasteiger partial charge on any atom is -0.476 e. The maximum atomic E-state index is 12.8. The highest BCUT2D eigenvalue weighted by molar-refractivity contribution is 8.00. The van der Waals surface area contributed by atoms with Crippen molar-refractivity contribution in [3.05, 3.63) is 35.8 Å². The van der Waals surface area contributed by atoms with Crippen LogP contribution in [-0.2, 0) is 0 Å². The smallest absolute Gasteiger partial charge is 0.356 e. The van der Waals surface area contributed by atoms with E-state index in [0.717, 1.165) is 0 Å². The number of thioether (sulfide) groups is 1. The van der Waals surface area contributed by atoms with Gasteiger partial charge in [0.15, 0.2) is 10.0 Å². The number of benzene rings is 1. The Kier molecular flexibility index (Phi) is 3.44. The van der Waals surface area contributed by atoms with Gasteiger partial charge in [0.25, 0.3) is 0 Å². The first-order chi connectivity index (χ1) is 8.11. The maximum absolute atomic E-state index is 12.8. The molecule has 88 valence electrons. The molecule has 3 nitrogen and oxygen atoms in total. The van der Waals surface area contributed by atoms with Crippen LogP contribution in [0.1, 0.15) is 10.5 Å². The van der Waals surface area contributed by atoms with E-state index in [0.29, 0.717) is 14.8 Å². The summed E-state index contributed by atoms with van der Waals surface area (Å²) >= 11 is 2.68. The van der Waals surface area contributed by atoms with Crippen molar-refractivity contribution in [2.45, 2.75) is 4.34 Å². The number of halogens is 1. The maximum Gasteiger partial charge on any atom is 0.356 e. The third-order valence-corrected chi connectivity index (χ3v) is 4.18. The van der Waals surface area contributed by atoms with Crippen LogP contribution in [0.2, 0.25) is 0 Å². The highest BCUT2D eigenvalue weighted by atomic mass is 32.2. The molecule has 0 saturated heterocycles. The van der Waals surface area contributed by atoms with E-state index in [2.05, 4.69) is 4.98 Å². The topological polar surface area (TPSA) is 50.2 Å². The van der Waals surface area contributed by atoms with Gasteiger partial charge >= 0.3 is 5.97 Å². The molecule has 1 heterocycles. The van der Waals surface area contributed by atoms with E-state index >= 15 is 0 Å². The second-order valence-corrected chi connectivity index (χ2v) is 5.23. The average molecular weight is 269 g/mol. The van der Waals surface area contributed by atoms with Crippen LogP contribution in [0.5, 0.6) is 0 Å². The summed E-state index contributed by atoms with van der Waals surface area (Å²) in [6.07, 6.45) is 1.83. The van der Waals surface area contributed by atoms with E-state index in [9.17, 15) is 9.18 Å². The number of nitrogens with zero attached hydrogens (tertiary/aromatic N) is 1. The van der Waals surface area contributed by atoms with E-state index in [1.54, 1.807) is 12.1 Å². The van der Waals surface area contributed by atoms with Crippen molar-refractivity contribution >= 4 is 29.1 Å². The molecule has 0 saturated carbocycles. The lowest BCUT2D eigenvalue weighted by Crippen LogP contribution is -1.98. The van der Waals surface area contributed by atoms with Crippen molar-refractivity contribution in [2.24, 2.45) is 0 Å². The molecule has 0 aliphatic carbocycles. The second-order valence-electron chi connectivity index (χ2n) is 3.17. The van der Waals surface area contributed by atoms with E-state index < -0.39 is 5.97 Å². The summed E-state index contributed by atoms with van der Waals surface area (Å²) in [5, 5.41) is 9.05. The monoisotopic (exact) mass is 269 g/mol. The van der Waals surface area contributed by atoms with Crippen LogP contribution in [0.4, 0.5) is 4.39 Å². The van der Waals surface area contributed by atoms with Gasteiger partial charge in [0, 0.05) is 0 Å². The summed E-state index contributed by atoms with van der Waals surface area (Å²) in [5.41, 5.74) is 0.688. The van der Waals surface area contributed by atoms with Crippen LogP contribution < -0.4 is 0 Å². The molecule has 6 heteroatoms. The third-order valence-electron chi connectivity index (χ3n) is 2.09. The van der Waals surface area contributed by atoms with Crippen LogP contribution in [-0.4, -0.2) is 22.3 Å². The summed E-state index contributed by atoms with van der Waals surface area (Å²) in [4.78, 5) is 15.6. The molecule has 17 heavy (non-hydrogen) atoms. The standard InChI is InChI=1S/C11H8FNO2S2/c1-16-11-13-8(10(14)15)9(17-11)6-2-4-7(12)5-3-6/h2-5H,1H3,(H,14,15). The lowest BCUT2D eigenvalue weighted by atomic mass is 10.1. The minimum atomic E-state index is -1.07. The van der Waals surface area contributed by atoms with Crippen molar-refractivity contribution < 1.29 is 14.3 Å². The molecule has 0 bridgehead atoms. The molecular weight excluding hydrogens is 261 g/mol. The Morgan fingerprint density at radius 2 is 2.06 bits per heavy atom. The van der Waals surface area contributed by atoms with Gasteiger partial charge in [-0.25, -0.2) is 14.2 Å². The van der Waals surface area contributed by atoms with Gasteiger partial charge in [-0.2, -0.15) is 0 Å². The van der Waals surface area contributed by atoms with Crippen LogP contribution >= 0.6 is 23.1 Å². The van der Waals surface area contributed by atoms with Gasteiger partial charge in [-0.3, -0.25) is 0 Å². The highest BCUT2D eigenvalue weighted by Gasteiger charge is 2.18. The van der Waals surface area contributed by atoms with Gasteiger partial charge in [-0.15, -0.1) is 11.3 Å². The summed E-state index contributed by atoms with van der Waals surface area (Å²) < 4.78 is 13.5. The summed E-state index contributed by atoms with van der Waals surface area (Å²) in [5.74, 6) is -1.42. The van der Waals surface area contributed by atoms with E-state index in [-0.39, 0.29) is 11.5 Å². The van der Waals surface area contributed by atoms with Crippen molar-refractivity contribution in [1.29, 1.82) is 0 Å². The molecule has 1 N–H and O–H groups in total. The summed E-state index contributed by atoms with van der Waals surface area (Å²) in [7, 11) is 0. The minimum absolute atomic E-state index is 0.0194. The number of hydrogen-bond acceptors (Lipinski definition) is 4. The Hall–Kier alpha value is -1.40. The zero-order valence-electron chi connectivity index (χ0n) is 8.81. The molecule has 2 rings (SSSR count). The molecule has 0 unspecified atom stereocenters. The van der Waals surface area contributed by atoms with E-state index in [1.807, 2.05) is 6.26 Å². The van der Waals surface area contributed by atoms with Gasteiger partial charge in [-0.05, 0) is 24.0 Å². The zero-order valence-corrected chi connectivity index (χ0v) is 10.4. The number of aromatic carboxylic acids is 1. The lowest BCUT2D eigenvalue weighted by molar-refractivity contribution is 0.0691. The SMILES string of the molecule is CSc1nc(C(=O)O)c(-c2ccc(F)cc2)s1. The number of aromatic nitrogens is 1. The fourth-order valence-corrected chi connectivity index (χ4v) is 2.89. The van der Waals surface area contributed by atoms with Gasteiger partial charge in [0.1, 0.15) is 5.82 Å². The Bertz CT molecular complexity index is 551. The Morgan fingerprint density at radius 3 is 2.59 bits per heavy atom. The van der Waals surface area contributed by atoms with Crippen LogP contribution in [0.3, 0.4) is 0 Å². The highest BCUT2D eigenvalue weighted by Crippen LogP contribution is 2.34. The second kappa shape index (κ2) is 4.85. The van der Waals surface area contributed by atoms with Crippen molar-refractivity contribution in [1.82, 2.24) is 4.98 Å². The molecule has 1 aromatic heterocycles. The predicted octanol–water partition coefficient (Wildman–Crippen LogP) is 3.37. The fraction of sp³-hybridized carbons (Fsp3) is 0.0909. The van der Waals surface area contributed by atoms with Gasteiger partial charge in [0.2, 0.25) is 0 Å². The van der Waals surface area contributed by atoms with Gasteiger partial charge in [0.05, 0.1) is 4.88 Å². The molecule has 1 aromatic carbocycles. The molecule has 0 fully saturated rings. The number of thiazole rings is 1. The number of carboxylic acids is 1. The summed E-state index contributed by atoms with van der Waals surface area (Å²) in [6.45, 7) is 0. The molecule has 0 radical (unpaired) electrons. The number of rotatable bonds is 3. The number of carbonyl (C=O) groups is 1. The van der Waals surface area contributed by atoms with Crippen molar-refractivity contribution in [3.8, 4) is 10.4 Å². The molecule has 0 spiro atoms. The normalized spacial score (nSPS) is 10.5. The summed E-state index contributed by atoms with van der Waals surface area (Å²) in [6, 6.07) is 5.72. The van der Waals surface area contributed by atoms with Gasteiger partial charge in [-0.1, -0.05) is 23.9 Å². The zero-order chi connectivity index (χ0) is 12.4. The Labute approximate surface area is 105 Å². The largest absolute Gasteiger partial charge is 0.476 e. The van der Waals surface area contributed by atoms with Crippen LogP contribution in [0.15, 0.2) is 28.6 Å². The molecular formula is C11H8FNO2S2. The van der Waals surface area contributed by atoms with Crippen LogP contribution in [0.25, 0.3) is 10.4 Å². The first-order valence-corrected chi connectivity index (χ1v) is 6.70. The van der Waals surface area contributed by atoms with E-state index in [1.165, 1.54) is 35.2 Å². The first kappa shape index (κ1) is 12.1. The lowest BCUT2D eigenvalue weighted by Gasteiger charge is -1.98. The molecule has 0 atom stereocenters. The fourth-order valence-electron chi connectivity index (χ4n) is 1.33. The molecule has 0 amide bonds. The predicted molar refractivity (Wildman–Crippen MR) is 66.2 cm³/mol. The van der Waals surface area contributed by atoms with Gasteiger partial charge < -0.3 is 5.11 Å². The Balaban J connectivity index is 2.53. The molecule has 0 aliphatic rings. The number of hydrogen-bond donors (Lipinski definition) is 1. The quantitative estimate of drug-likeness (QED) is 0.868. The Morgan fingerprint density at radius 1 is 1.41 bits per heavy atom. The molecule has 2 aromatic rings. The molecule has 0 aliphatic heterocycles.